The Kier molecular flexibility index (Phi) is 15.8. The van der Waals surface area contributed by atoms with Gasteiger partial charge in [-0.1, -0.05) is 78.9 Å². The van der Waals surface area contributed by atoms with Crippen molar-refractivity contribution in [2.75, 3.05) is 5.73 Å². The molecule has 0 aliphatic rings. The molecule has 0 saturated heterocycles. The van der Waals surface area contributed by atoms with Gasteiger partial charge in [-0.25, -0.2) is 0 Å². The molecule has 0 spiro atoms. The minimum absolute atomic E-state index is 0.346. The second-order valence-corrected chi connectivity index (χ2v) is 9.44. The summed E-state index contributed by atoms with van der Waals surface area (Å²) in [4.78, 5) is 0. The molecule has 0 unspecified atom stereocenters. The van der Waals surface area contributed by atoms with E-state index in [4.69, 9.17) is 34.4 Å². The van der Waals surface area contributed by atoms with Crippen molar-refractivity contribution in [3.8, 4) is 0 Å². The van der Waals surface area contributed by atoms with E-state index in [2.05, 4.69) is 86.1 Å². The van der Waals surface area contributed by atoms with Gasteiger partial charge < -0.3 is 5.73 Å². The molecule has 3 rings (SSSR count). The first-order valence-corrected chi connectivity index (χ1v) is 13.1. The molecule has 140 valence electrons. The van der Waals surface area contributed by atoms with Crippen LogP contribution in [0.3, 0.4) is 0 Å². The molecule has 0 bridgehead atoms. The van der Waals surface area contributed by atoms with Gasteiger partial charge in [0.05, 0.1) is 0 Å². The van der Waals surface area contributed by atoms with Gasteiger partial charge in [0.2, 0.25) is 0 Å². The number of para-hydroxylation sites is 1. The number of halogens is 2. The Morgan fingerprint density at radius 1 is 0.667 bits per heavy atom. The van der Waals surface area contributed by atoms with Gasteiger partial charge in [0.1, 0.15) is 0 Å². The molecule has 0 fully saturated rings. The van der Waals surface area contributed by atoms with Gasteiger partial charge in [0.25, 0.3) is 0 Å². The molecule has 27 heavy (non-hydrogen) atoms. The number of nitrogens with two attached hydrogens (primary N) is 1. The van der Waals surface area contributed by atoms with E-state index in [1.807, 2.05) is 12.1 Å². The zero-order valence-electron chi connectivity index (χ0n) is 14.0. The topological polar surface area (TPSA) is 65.8 Å². The monoisotopic (exact) mass is 505 g/mol. The SMILES string of the molecule is Nc1ccccc1P(c1ccccc1)c1ccccc1.[C-]#[O+].[C-]#[O+].[Cl][Ru][Cl]. The summed E-state index contributed by atoms with van der Waals surface area (Å²) >= 11 is -0.346. The summed E-state index contributed by atoms with van der Waals surface area (Å²) in [6.07, 6.45) is 0. The van der Waals surface area contributed by atoms with E-state index in [1.54, 1.807) is 0 Å². The first-order chi connectivity index (χ1) is 13.3. The Balaban J connectivity index is 0.000000860. The zero-order valence-corrected chi connectivity index (χ0v) is 18.2. The van der Waals surface area contributed by atoms with Crippen molar-refractivity contribution in [2.45, 2.75) is 0 Å². The van der Waals surface area contributed by atoms with E-state index in [9.17, 15) is 0 Å². The first kappa shape index (κ1) is 25.6. The van der Waals surface area contributed by atoms with Crippen molar-refractivity contribution < 1.29 is 24.4 Å². The first-order valence-electron chi connectivity index (χ1n) is 7.28. The Morgan fingerprint density at radius 3 is 1.37 bits per heavy atom. The second-order valence-electron chi connectivity index (χ2n) is 4.62. The Hall–Kier alpha value is -1.43. The van der Waals surface area contributed by atoms with Gasteiger partial charge >= 0.3 is 57.1 Å². The second kappa shape index (κ2) is 16.7. The molecule has 3 aromatic carbocycles. The summed E-state index contributed by atoms with van der Waals surface area (Å²) in [5.41, 5.74) is 7.08. The standard InChI is InChI=1S/C18H16NP.2CO.2ClH.Ru/c19-17-13-7-8-14-18(17)20(15-9-3-1-4-10-15)16-11-5-2-6-12-16;2*1-2;;;/h1-14H,19H2;;;2*1H;/q;;;;;+2/p-2. The number of benzene rings is 3. The van der Waals surface area contributed by atoms with Crippen LogP contribution in [0.4, 0.5) is 5.69 Å². The van der Waals surface area contributed by atoms with Gasteiger partial charge in [0, 0.05) is 11.0 Å². The molecule has 2 N–H and O–H groups in total. The Bertz CT molecular complexity index is 756. The summed E-state index contributed by atoms with van der Waals surface area (Å²) in [6, 6.07) is 29.4. The van der Waals surface area contributed by atoms with E-state index < -0.39 is 7.92 Å². The molecule has 0 atom stereocenters. The summed E-state index contributed by atoms with van der Waals surface area (Å²) in [5.74, 6) is 0. The van der Waals surface area contributed by atoms with Crippen molar-refractivity contribution in [1.29, 1.82) is 0 Å². The van der Waals surface area contributed by atoms with Gasteiger partial charge in [-0.3, -0.25) is 0 Å². The average Bonchev–Trinajstić information content (AvgIpc) is 2.75. The predicted molar refractivity (Wildman–Crippen MR) is 109 cm³/mol. The molecule has 0 aliphatic heterocycles. The third-order valence-corrected chi connectivity index (χ3v) is 5.72. The molecular formula is C20H16Cl2NO2PRu. The summed E-state index contributed by atoms with van der Waals surface area (Å²) in [6.45, 7) is 9.00. The van der Waals surface area contributed by atoms with Crippen LogP contribution in [0.2, 0.25) is 0 Å². The van der Waals surface area contributed by atoms with Crippen LogP contribution in [-0.4, -0.2) is 0 Å². The van der Waals surface area contributed by atoms with Crippen molar-refractivity contribution in [1.82, 2.24) is 0 Å². The summed E-state index contributed by atoms with van der Waals surface area (Å²) in [7, 11) is 9.12. The van der Waals surface area contributed by atoms with Crippen LogP contribution in [-0.2, 0) is 24.4 Å². The van der Waals surface area contributed by atoms with Crippen molar-refractivity contribution in [3.63, 3.8) is 0 Å². The van der Waals surface area contributed by atoms with Gasteiger partial charge in [0.15, 0.2) is 0 Å². The van der Waals surface area contributed by atoms with E-state index in [1.165, 1.54) is 15.9 Å². The molecule has 0 amide bonds. The number of anilines is 1. The number of nitrogen functional groups attached to an aromatic ring is 1. The molecule has 7 heteroatoms. The molecule has 0 heterocycles. The fraction of sp³-hybridized carbons (Fsp3) is 0. The predicted octanol–water partition coefficient (Wildman–Crippen LogP) is 4.33. The van der Waals surface area contributed by atoms with Crippen LogP contribution >= 0.6 is 27.3 Å². The van der Waals surface area contributed by atoms with Crippen LogP contribution in [0.25, 0.3) is 0 Å². The molecular weight excluding hydrogens is 489 g/mol. The van der Waals surface area contributed by atoms with Gasteiger partial charge in [-0.15, -0.1) is 0 Å². The summed E-state index contributed by atoms with van der Waals surface area (Å²) in [5, 5.41) is 3.87. The van der Waals surface area contributed by atoms with E-state index in [0.717, 1.165) is 5.69 Å². The average molecular weight is 505 g/mol. The molecule has 0 aromatic heterocycles. The third kappa shape index (κ3) is 8.87. The fourth-order valence-electron chi connectivity index (χ4n) is 2.27. The van der Waals surface area contributed by atoms with Crippen LogP contribution in [0.1, 0.15) is 0 Å². The van der Waals surface area contributed by atoms with Crippen LogP contribution < -0.4 is 21.6 Å². The maximum absolute atomic E-state index is 7.50. The van der Waals surface area contributed by atoms with Crippen LogP contribution in [0.5, 0.6) is 0 Å². The number of rotatable bonds is 3. The molecule has 0 radical (unpaired) electrons. The normalized spacial score (nSPS) is 8.85. The molecule has 3 aromatic rings. The van der Waals surface area contributed by atoms with Crippen LogP contribution in [0, 0.1) is 13.3 Å². The molecule has 3 nitrogen and oxygen atoms in total. The Labute approximate surface area is 176 Å². The quantitative estimate of drug-likeness (QED) is 0.186. The van der Waals surface area contributed by atoms with Gasteiger partial charge in [-0.05, 0) is 24.6 Å². The number of hydrogen-bond donors (Lipinski definition) is 1. The van der Waals surface area contributed by atoms with Crippen molar-refractivity contribution in [2.24, 2.45) is 0 Å². The maximum atomic E-state index is 7.50. The fourth-order valence-corrected chi connectivity index (χ4v) is 4.64. The summed E-state index contributed by atoms with van der Waals surface area (Å²) < 4.78 is 15.0. The van der Waals surface area contributed by atoms with E-state index in [0.29, 0.717) is 0 Å². The molecule has 0 saturated carbocycles. The van der Waals surface area contributed by atoms with E-state index >= 15 is 0 Å². The minimum atomic E-state index is -0.592. The third-order valence-electron chi connectivity index (χ3n) is 3.21. The Morgan fingerprint density at radius 2 is 1.00 bits per heavy atom. The van der Waals surface area contributed by atoms with Crippen LogP contribution in [0.15, 0.2) is 84.9 Å². The number of hydrogen-bond acceptors (Lipinski definition) is 1. The molecule has 0 aliphatic carbocycles. The van der Waals surface area contributed by atoms with E-state index in [-0.39, 0.29) is 15.1 Å². The van der Waals surface area contributed by atoms with Crippen molar-refractivity contribution in [3.05, 3.63) is 98.2 Å². The van der Waals surface area contributed by atoms with Gasteiger partial charge in [-0.2, -0.15) is 0 Å². The van der Waals surface area contributed by atoms with Crippen molar-refractivity contribution >= 4 is 48.9 Å². The zero-order chi connectivity index (χ0) is 20.5.